The number of thioether (sulfide) groups is 4. The van der Waals surface area contributed by atoms with Crippen LogP contribution < -0.4 is 0 Å². The average molecular weight is 1240 g/mol. The van der Waals surface area contributed by atoms with Crippen molar-refractivity contribution in [1.29, 1.82) is 0 Å². The second kappa shape index (κ2) is 34.4. The van der Waals surface area contributed by atoms with E-state index in [4.69, 9.17) is 0 Å². The molecule has 0 aliphatic rings. The SMILES string of the molecule is CCCCCCCCSc1cc(-c2cccs2)sc1-c1ccc(-c2cc(SCCCCCCCC)c(-c3sc(-c4ccc(-c5sc(-c6cccs6)cc5SCCCCCCCC)s4)cc3SCCCCCCCC)s2)s1. The third kappa shape index (κ3) is 18.5. The van der Waals surface area contributed by atoms with Crippen molar-refractivity contribution in [3.63, 3.8) is 0 Å². The summed E-state index contributed by atoms with van der Waals surface area (Å²) < 4.78 is 0. The lowest BCUT2D eigenvalue weighted by Crippen LogP contribution is -1.84. The summed E-state index contributed by atoms with van der Waals surface area (Å²) in [6, 6.07) is 29.0. The van der Waals surface area contributed by atoms with Crippen LogP contribution in [0.15, 0.2) is 103 Å². The number of hydrogen-bond donors (Lipinski definition) is 0. The monoisotopic (exact) mass is 1230 g/mol. The maximum absolute atomic E-state index is 2.59. The van der Waals surface area contributed by atoms with Gasteiger partial charge in [0.05, 0.1) is 19.5 Å². The predicted octanol–water partition coefficient (Wildman–Crippen LogP) is 27.7. The Bertz CT molecular complexity index is 2610. The molecule has 0 N–H and O–H groups in total. The van der Waals surface area contributed by atoms with Crippen molar-refractivity contribution >= 4 is 138 Å². The van der Waals surface area contributed by atoms with Crippen LogP contribution >= 0.6 is 138 Å². The van der Waals surface area contributed by atoms with Crippen molar-refractivity contribution in [2.24, 2.45) is 0 Å². The molecule has 8 aromatic rings. The molecular weight excluding hydrogens is 1150 g/mol. The van der Waals surface area contributed by atoms with E-state index in [0.717, 1.165) is 0 Å². The summed E-state index contributed by atoms with van der Waals surface area (Å²) in [6.45, 7) is 9.28. The molecule has 0 atom stereocenters. The highest BCUT2D eigenvalue weighted by atomic mass is 32.2. The van der Waals surface area contributed by atoms with Gasteiger partial charge in [-0.3, -0.25) is 0 Å². The topological polar surface area (TPSA) is 0 Å². The zero-order chi connectivity index (χ0) is 52.6. The molecule has 0 unspecified atom stereocenters. The zero-order valence-corrected chi connectivity index (χ0v) is 55.6. The Kier molecular flexibility index (Phi) is 27.7. The van der Waals surface area contributed by atoms with E-state index in [2.05, 4.69) is 181 Å². The predicted molar refractivity (Wildman–Crippen MR) is 364 cm³/mol. The van der Waals surface area contributed by atoms with Gasteiger partial charge < -0.3 is 0 Å². The minimum Gasteiger partial charge on any atom is -0.143 e. The zero-order valence-electron chi connectivity index (χ0n) is 45.8. The molecule has 0 amide bonds. The molecule has 0 aliphatic heterocycles. The lowest BCUT2D eigenvalue weighted by Gasteiger charge is -2.06. The van der Waals surface area contributed by atoms with Crippen molar-refractivity contribution in [3.05, 3.63) is 83.6 Å². The van der Waals surface area contributed by atoms with Gasteiger partial charge in [-0.05, 0) is 120 Å². The molecule has 0 nitrogen and oxygen atoms in total. The summed E-state index contributed by atoms with van der Waals surface area (Å²) in [6.07, 6.45) is 32.2. The molecule has 8 rings (SSSR count). The Hall–Kier alpha value is -1.000. The second-order valence-corrected chi connectivity index (χ2v) is 32.8. The third-order valence-corrected chi connectivity index (χ3v) is 28.5. The minimum absolute atomic E-state index is 1.19. The summed E-state index contributed by atoms with van der Waals surface area (Å²) in [4.78, 5) is 26.0. The maximum atomic E-state index is 2.59. The Morgan fingerprint density at radius 1 is 0.263 bits per heavy atom. The van der Waals surface area contributed by atoms with E-state index in [1.807, 2.05) is 68.0 Å². The van der Waals surface area contributed by atoms with Crippen molar-refractivity contribution in [1.82, 2.24) is 0 Å². The second-order valence-electron chi connectivity index (χ2n) is 20.0. The number of hydrogen-bond acceptors (Lipinski definition) is 12. The molecule has 76 heavy (non-hydrogen) atoms. The van der Waals surface area contributed by atoms with Crippen LogP contribution in [0, 0.1) is 0 Å². The normalized spacial score (nSPS) is 11.8. The Labute approximate surface area is 508 Å². The lowest BCUT2D eigenvalue weighted by molar-refractivity contribution is 0.627. The summed E-state index contributed by atoms with van der Waals surface area (Å²) in [7, 11) is 0. The molecular formula is C64H82S12. The van der Waals surface area contributed by atoms with E-state index < -0.39 is 0 Å². The van der Waals surface area contributed by atoms with Crippen LogP contribution in [0.2, 0.25) is 0 Å². The quantitative estimate of drug-likeness (QED) is 0.0278. The average Bonchev–Trinajstić information content (AvgIpc) is 4.29. The van der Waals surface area contributed by atoms with Gasteiger partial charge in [0.15, 0.2) is 0 Å². The summed E-state index contributed by atoms with van der Waals surface area (Å²) in [5.74, 6) is 4.77. The summed E-state index contributed by atoms with van der Waals surface area (Å²) >= 11 is 24.4. The number of unbranched alkanes of at least 4 members (excludes halogenated alkanes) is 20. The van der Waals surface area contributed by atoms with Gasteiger partial charge >= 0.3 is 0 Å². The van der Waals surface area contributed by atoms with Crippen LogP contribution in [0.5, 0.6) is 0 Å². The van der Waals surface area contributed by atoms with E-state index in [9.17, 15) is 0 Å². The Morgan fingerprint density at radius 2 is 0.539 bits per heavy atom. The molecule has 12 heteroatoms. The lowest BCUT2D eigenvalue weighted by atomic mass is 10.1. The summed E-state index contributed by atoms with van der Waals surface area (Å²) in [5.41, 5.74) is 0. The first-order chi connectivity index (χ1) is 37.6. The van der Waals surface area contributed by atoms with Gasteiger partial charge in [0, 0.05) is 68.4 Å². The van der Waals surface area contributed by atoms with Crippen molar-refractivity contribution in [2.45, 2.75) is 201 Å². The molecule has 8 heterocycles. The van der Waals surface area contributed by atoms with Crippen LogP contribution in [-0.4, -0.2) is 23.0 Å². The molecule has 0 aromatic carbocycles. The largest absolute Gasteiger partial charge is 0.143 e. The fourth-order valence-corrected chi connectivity index (χ4v) is 23.6. The number of rotatable bonds is 39. The smallest absolute Gasteiger partial charge is 0.0596 e. The minimum atomic E-state index is 1.19. The van der Waals surface area contributed by atoms with Crippen LogP contribution in [-0.2, 0) is 0 Å². The number of thiophene rings is 8. The van der Waals surface area contributed by atoms with E-state index in [0.29, 0.717) is 0 Å². The molecule has 410 valence electrons. The third-order valence-electron chi connectivity index (χ3n) is 13.7. The van der Waals surface area contributed by atoms with Gasteiger partial charge in [0.25, 0.3) is 0 Å². The van der Waals surface area contributed by atoms with Gasteiger partial charge in [-0.2, -0.15) is 0 Å². The van der Waals surface area contributed by atoms with Gasteiger partial charge in [0.1, 0.15) is 0 Å². The molecule has 0 saturated carbocycles. The molecule has 0 saturated heterocycles. The van der Waals surface area contributed by atoms with Crippen LogP contribution in [0.4, 0.5) is 0 Å². The van der Waals surface area contributed by atoms with Crippen LogP contribution in [0.25, 0.3) is 68.3 Å². The fraction of sp³-hybridized carbons (Fsp3) is 0.500. The van der Waals surface area contributed by atoms with Crippen molar-refractivity contribution in [3.8, 4) is 68.3 Å². The first-order valence-corrected chi connectivity index (χ1v) is 39.5. The van der Waals surface area contributed by atoms with Gasteiger partial charge in [-0.25, -0.2) is 0 Å². The van der Waals surface area contributed by atoms with Crippen molar-refractivity contribution in [2.75, 3.05) is 23.0 Å². The van der Waals surface area contributed by atoms with E-state index in [-0.39, 0.29) is 0 Å². The molecule has 0 spiro atoms. The molecule has 0 fully saturated rings. The van der Waals surface area contributed by atoms with E-state index in [1.54, 1.807) is 0 Å². The highest BCUT2D eigenvalue weighted by Gasteiger charge is 2.24. The highest BCUT2D eigenvalue weighted by molar-refractivity contribution is 8.00. The van der Waals surface area contributed by atoms with Crippen LogP contribution in [0.1, 0.15) is 182 Å². The summed E-state index contributed by atoms with van der Waals surface area (Å²) in [5, 5.41) is 4.45. The standard InChI is InChI=1S/C64H82S12/c1-5-9-13-17-21-25-37-67-57-43-53(47-31-29-41-65-47)73-61(57)51-35-33-49(71-51)55-45-59(69-39-27-23-19-15-11-7-3)63(75-55)64-60(70-40-28-24-20-16-12-8-4)46-56(76-64)50-34-36-52(72-50)62-58(68-38-26-22-18-14-10-6-2)44-54(74-62)48-32-30-42-66-48/h29-36,41-46H,5-28,37-40H2,1-4H3. The first kappa shape index (κ1) is 61.1. The van der Waals surface area contributed by atoms with Gasteiger partial charge in [-0.15, -0.1) is 138 Å². The molecule has 8 aromatic heterocycles. The Balaban J connectivity index is 1.09. The van der Waals surface area contributed by atoms with Crippen molar-refractivity contribution < 1.29 is 0 Å². The molecule has 0 aliphatic carbocycles. The fourth-order valence-electron chi connectivity index (χ4n) is 9.35. The van der Waals surface area contributed by atoms with Gasteiger partial charge in [0.2, 0.25) is 0 Å². The molecule has 0 bridgehead atoms. The first-order valence-electron chi connectivity index (χ1n) is 28.9. The molecule has 0 radical (unpaired) electrons. The van der Waals surface area contributed by atoms with Crippen LogP contribution in [0.3, 0.4) is 0 Å². The Morgan fingerprint density at radius 3 is 0.855 bits per heavy atom. The maximum Gasteiger partial charge on any atom is 0.0596 e. The highest BCUT2D eigenvalue weighted by Crippen LogP contribution is 2.55. The van der Waals surface area contributed by atoms with E-state index in [1.165, 1.54) is 265 Å². The van der Waals surface area contributed by atoms with E-state index >= 15 is 0 Å². The van der Waals surface area contributed by atoms with Gasteiger partial charge in [-0.1, -0.05) is 168 Å².